The van der Waals surface area contributed by atoms with E-state index in [2.05, 4.69) is 68.5 Å². The first-order chi connectivity index (χ1) is 17.1. The number of carboxylic acid groups (broad SMARTS) is 1. The predicted molar refractivity (Wildman–Crippen MR) is 148 cm³/mol. The van der Waals surface area contributed by atoms with E-state index in [9.17, 15) is 9.59 Å². The average molecular weight is 485 g/mol. The second-order valence-corrected chi connectivity index (χ2v) is 8.50. The van der Waals surface area contributed by atoms with E-state index < -0.39 is 5.97 Å². The molecule has 0 aliphatic rings. The number of hydrogen-bond donors (Lipinski definition) is 1. The van der Waals surface area contributed by atoms with Crippen LogP contribution >= 0.6 is 0 Å². The summed E-state index contributed by atoms with van der Waals surface area (Å²) in [5.74, 6) is -0.947. The lowest BCUT2D eigenvalue weighted by Crippen LogP contribution is -2.15. The molecule has 35 heavy (non-hydrogen) atoms. The van der Waals surface area contributed by atoms with Crippen LogP contribution in [0.5, 0.6) is 0 Å². The van der Waals surface area contributed by atoms with E-state index >= 15 is 0 Å². The summed E-state index contributed by atoms with van der Waals surface area (Å²) in [6.45, 7) is 4.26. The Morgan fingerprint density at radius 1 is 0.714 bits per heavy atom. The minimum atomic E-state index is -0.741. The summed E-state index contributed by atoms with van der Waals surface area (Å²) < 4.78 is 5.65. The number of carboxylic acids is 1. The molecule has 0 aliphatic carbocycles. The van der Waals surface area contributed by atoms with E-state index in [-0.39, 0.29) is 24.9 Å². The van der Waals surface area contributed by atoms with Crippen LogP contribution < -0.4 is 0 Å². The van der Waals surface area contributed by atoms with E-state index in [4.69, 9.17) is 9.84 Å². The van der Waals surface area contributed by atoms with Crippen LogP contribution in [0, 0.1) is 0 Å². The van der Waals surface area contributed by atoms with Gasteiger partial charge in [-0.3, -0.25) is 9.59 Å². The number of carbonyl (C=O) groups is 2. The lowest BCUT2D eigenvalue weighted by Gasteiger charge is -2.14. The fourth-order valence-electron chi connectivity index (χ4n) is 3.23. The van der Waals surface area contributed by atoms with Crippen molar-refractivity contribution in [1.82, 2.24) is 0 Å². The Kier molecular flexibility index (Phi) is 24.0. The molecular weight excluding hydrogens is 436 g/mol. The van der Waals surface area contributed by atoms with Gasteiger partial charge in [-0.15, -0.1) is 0 Å². The third-order valence-corrected chi connectivity index (χ3v) is 5.16. The van der Waals surface area contributed by atoms with Crippen LogP contribution in [0.15, 0.2) is 72.9 Å². The van der Waals surface area contributed by atoms with Crippen molar-refractivity contribution in [3.8, 4) is 0 Å². The highest BCUT2D eigenvalue weighted by molar-refractivity contribution is 5.71. The van der Waals surface area contributed by atoms with Gasteiger partial charge in [-0.05, 0) is 63.9 Å². The molecule has 0 aliphatic heterocycles. The average Bonchev–Trinajstić information content (AvgIpc) is 2.83. The summed E-state index contributed by atoms with van der Waals surface area (Å²) in [6.07, 6.45) is 36.7. The van der Waals surface area contributed by atoms with Gasteiger partial charge in [-0.25, -0.2) is 0 Å². The molecule has 1 unspecified atom stereocenters. The summed E-state index contributed by atoms with van der Waals surface area (Å²) in [5.41, 5.74) is 0. The Hall–Kier alpha value is -2.62. The van der Waals surface area contributed by atoms with Gasteiger partial charge in [0.2, 0.25) is 0 Å². The molecule has 0 rings (SSSR count). The lowest BCUT2D eigenvalue weighted by molar-refractivity contribution is -0.146. The van der Waals surface area contributed by atoms with Crippen molar-refractivity contribution < 1.29 is 19.4 Å². The van der Waals surface area contributed by atoms with Gasteiger partial charge in [0.25, 0.3) is 0 Å². The van der Waals surface area contributed by atoms with Crippen molar-refractivity contribution in [3.05, 3.63) is 72.9 Å². The molecule has 0 aromatic rings. The molecule has 0 saturated heterocycles. The minimum Gasteiger partial charge on any atom is -0.481 e. The second-order valence-electron chi connectivity index (χ2n) is 8.50. The predicted octanol–water partition coefficient (Wildman–Crippen LogP) is 8.82. The van der Waals surface area contributed by atoms with E-state index in [1.165, 1.54) is 0 Å². The topological polar surface area (TPSA) is 63.6 Å². The van der Waals surface area contributed by atoms with Gasteiger partial charge in [0, 0.05) is 6.42 Å². The van der Waals surface area contributed by atoms with Gasteiger partial charge in [0.1, 0.15) is 6.10 Å². The number of rotatable bonds is 22. The molecule has 0 aromatic heterocycles. The smallest absolute Gasteiger partial charge is 0.310 e. The summed E-state index contributed by atoms with van der Waals surface area (Å²) in [6, 6.07) is 0. The number of hydrogen-bond acceptors (Lipinski definition) is 3. The Labute approximate surface area is 214 Å². The maximum atomic E-state index is 12.2. The number of esters is 1. The normalized spacial score (nSPS) is 13.4. The fourth-order valence-corrected chi connectivity index (χ4v) is 3.23. The summed E-state index contributed by atoms with van der Waals surface area (Å²) in [4.78, 5) is 22.8. The Morgan fingerprint density at radius 3 is 1.80 bits per heavy atom. The van der Waals surface area contributed by atoms with E-state index in [1.807, 2.05) is 18.2 Å². The van der Waals surface area contributed by atoms with Crippen LogP contribution in [-0.4, -0.2) is 23.1 Å². The van der Waals surface area contributed by atoms with Crippen molar-refractivity contribution in [3.63, 3.8) is 0 Å². The van der Waals surface area contributed by atoms with Gasteiger partial charge in [-0.1, -0.05) is 99.9 Å². The monoisotopic (exact) mass is 484 g/mol. The Bertz CT molecular complexity index is 695. The van der Waals surface area contributed by atoms with E-state index in [0.717, 1.165) is 70.6 Å². The van der Waals surface area contributed by atoms with Crippen molar-refractivity contribution in [2.45, 2.75) is 110 Å². The molecule has 4 heteroatoms. The molecule has 1 atom stereocenters. The zero-order chi connectivity index (χ0) is 25.8. The van der Waals surface area contributed by atoms with Crippen molar-refractivity contribution in [2.24, 2.45) is 0 Å². The molecule has 0 bridgehead atoms. The quantitative estimate of drug-likeness (QED) is 0.0947. The fraction of sp³-hybridized carbons (Fsp3) is 0.548. The Balaban J connectivity index is 4.09. The molecule has 0 heterocycles. The SMILES string of the molecule is CC/C=C\C/C=C\C/C=C\C/C=C\C/C=C\CC(=O)OC(/C=C\CCC)CCCCCCC(=O)O. The number of unbranched alkanes of at least 4 members (excludes halogenated alkanes) is 4. The van der Waals surface area contributed by atoms with E-state index in [1.54, 1.807) is 0 Å². The third kappa shape index (κ3) is 25.8. The molecular formula is C31H48O4. The van der Waals surface area contributed by atoms with Crippen molar-refractivity contribution >= 4 is 11.9 Å². The molecule has 196 valence electrons. The van der Waals surface area contributed by atoms with Gasteiger partial charge in [0.15, 0.2) is 0 Å². The standard InChI is InChI=1S/C31H48O4/c1-3-5-7-8-9-10-11-12-13-14-15-16-17-18-24-28-31(34)35-29(25-21-6-4-2)26-22-19-20-23-27-30(32)33/h5,7,9-10,12-13,15-16,18,21,24-25,29H,3-4,6,8,11,14,17,19-20,22-23,26-28H2,1-2H3,(H,32,33)/b7-5-,10-9-,13-12-,16-15-,24-18-,25-21-. The third-order valence-electron chi connectivity index (χ3n) is 5.16. The lowest BCUT2D eigenvalue weighted by atomic mass is 10.1. The second kappa shape index (κ2) is 26.0. The van der Waals surface area contributed by atoms with E-state index in [0.29, 0.717) is 6.42 Å². The number of carbonyl (C=O) groups excluding carboxylic acids is 1. The molecule has 4 nitrogen and oxygen atoms in total. The summed E-state index contributed by atoms with van der Waals surface area (Å²) >= 11 is 0. The molecule has 0 amide bonds. The largest absolute Gasteiger partial charge is 0.481 e. The molecule has 1 N–H and O–H groups in total. The van der Waals surface area contributed by atoms with Gasteiger partial charge >= 0.3 is 11.9 Å². The Morgan fingerprint density at radius 2 is 1.26 bits per heavy atom. The molecule has 0 saturated carbocycles. The number of ether oxygens (including phenoxy) is 1. The minimum absolute atomic E-state index is 0.198. The van der Waals surface area contributed by atoms with Crippen LogP contribution in [0.2, 0.25) is 0 Å². The van der Waals surface area contributed by atoms with Crippen LogP contribution in [0.4, 0.5) is 0 Å². The van der Waals surface area contributed by atoms with Gasteiger partial charge in [-0.2, -0.15) is 0 Å². The molecule has 0 spiro atoms. The maximum absolute atomic E-state index is 12.2. The van der Waals surface area contributed by atoms with Crippen LogP contribution in [0.3, 0.4) is 0 Å². The first kappa shape index (κ1) is 32.4. The maximum Gasteiger partial charge on any atom is 0.310 e. The highest BCUT2D eigenvalue weighted by Crippen LogP contribution is 2.12. The molecule has 0 radical (unpaired) electrons. The zero-order valence-electron chi connectivity index (χ0n) is 22.1. The first-order valence-electron chi connectivity index (χ1n) is 13.4. The van der Waals surface area contributed by atoms with Crippen LogP contribution in [-0.2, 0) is 14.3 Å². The first-order valence-corrected chi connectivity index (χ1v) is 13.4. The molecule has 0 fully saturated rings. The van der Waals surface area contributed by atoms with Gasteiger partial charge in [0.05, 0.1) is 6.42 Å². The summed E-state index contributed by atoms with van der Waals surface area (Å²) in [7, 11) is 0. The van der Waals surface area contributed by atoms with Gasteiger partial charge < -0.3 is 9.84 Å². The van der Waals surface area contributed by atoms with Crippen molar-refractivity contribution in [2.75, 3.05) is 0 Å². The van der Waals surface area contributed by atoms with Crippen LogP contribution in [0.1, 0.15) is 104 Å². The highest BCUT2D eigenvalue weighted by atomic mass is 16.5. The van der Waals surface area contributed by atoms with Crippen molar-refractivity contribution in [1.29, 1.82) is 0 Å². The number of aliphatic carboxylic acids is 1. The number of allylic oxidation sites excluding steroid dienone is 10. The summed E-state index contributed by atoms with van der Waals surface area (Å²) in [5, 5.41) is 8.70. The molecule has 0 aromatic carbocycles. The highest BCUT2D eigenvalue weighted by Gasteiger charge is 2.10. The van der Waals surface area contributed by atoms with Crippen LogP contribution in [0.25, 0.3) is 0 Å². The zero-order valence-corrected chi connectivity index (χ0v) is 22.1.